The van der Waals surface area contributed by atoms with Crippen LogP contribution in [0.2, 0.25) is 0 Å². The number of nitro benzene ring substituents is 1. The highest BCUT2D eigenvalue weighted by Gasteiger charge is 2.08. The summed E-state index contributed by atoms with van der Waals surface area (Å²) in [6.07, 6.45) is 2.80. The quantitative estimate of drug-likeness (QED) is 0.521. The van der Waals surface area contributed by atoms with Gasteiger partial charge in [0.15, 0.2) is 0 Å². The summed E-state index contributed by atoms with van der Waals surface area (Å²) >= 11 is 3.33. The molecule has 0 aliphatic carbocycles. The zero-order valence-corrected chi connectivity index (χ0v) is 12.3. The van der Waals surface area contributed by atoms with Gasteiger partial charge in [-0.3, -0.25) is 10.1 Å². The van der Waals surface area contributed by atoms with Gasteiger partial charge in [-0.2, -0.15) is 10.2 Å². The molecule has 1 N–H and O–H groups in total. The maximum atomic E-state index is 10.7. The van der Waals surface area contributed by atoms with Crippen molar-refractivity contribution in [1.82, 2.24) is 0 Å². The molecule has 2 aromatic carbocycles. The Morgan fingerprint density at radius 1 is 1.10 bits per heavy atom. The summed E-state index contributed by atoms with van der Waals surface area (Å²) < 4.78 is 0.963. The van der Waals surface area contributed by atoms with E-state index in [0.717, 1.165) is 10.0 Å². The van der Waals surface area contributed by atoms with E-state index in [0.29, 0.717) is 0 Å². The number of halogens is 1. The lowest BCUT2D eigenvalue weighted by Crippen LogP contribution is -1.90. The number of hydrogen-bond donors (Lipinski definition) is 1. The van der Waals surface area contributed by atoms with Gasteiger partial charge < -0.3 is 5.11 Å². The lowest BCUT2D eigenvalue weighted by Gasteiger charge is -1.97. The minimum absolute atomic E-state index is 0.0943. The Balaban J connectivity index is 2.12. The molecule has 0 aromatic heterocycles. The minimum atomic E-state index is -0.540. The first kappa shape index (κ1) is 14.9. The molecule has 0 fully saturated rings. The molecule has 21 heavy (non-hydrogen) atoms. The third kappa shape index (κ3) is 4.22. The van der Waals surface area contributed by atoms with Crippen LogP contribution in [0, 0.1) is 10.1 Å². The smallest absolute Gasteiger partial charge is 0.270 e. The summed E-state index contributed by atoms with van der Waals surface area (Å²) in [5.74, 6) is -0.0943. The van der Waals surface area contributed by atoms with E-state index in [1.807, 2.05) is 24.3 Å². The fourth-order valence-electron chi connectivity index (χ4n) is 1.50. The number of benzene rings is 2. The topological polar surface area (TPSA) is 88.1 Å². The Morgan fingerprint density at radius 2 is 1.76 bits per heavy atom. The van der Waals surface area contributed by atoms with Gasteiger partial charge in [0, 0.05) is 22.2 Å². The first-order valence-corrected chi connectivity index (χ1v) is 6.65. The standard InChI is InChI=1S/C14H10BrN3O3/c15-12-3-1-10(2-4-12)8-16-17-9-11-7-13(18(20)21)5-6-14(11)19/h1-9,19H/b16-8-,17-9-. The molecule has 0 radical (unpaired) electrons. The van der Waals surface area contributed by atoms with Crippen LogP contribution in [0.3, 0.4) is 0 Å². The Hall–Kier alpha value is -2.54. The van der Waals surface area contributed by atoms with E-state index in [-0.39, 0.29) is 17.0 Å². The molecule has 2 rings (SSSR count). The van der Waals surface area contributed by atoms with Gasteiger partial charge in [-0.25, -0.2) is 0 Å². The highest BCUT2D eigenvalue weighted by Crippen LogP contribution is 2.21. The van der Waals surface area contributed by atoms with E-state index in [2.05, 4.69) is 26.1 Å². The van der Waals surface area contributed by atoms with Crippen molar-refractivity contribution in [3.8, 4) is 5.75 Å². The van der Waals surface area contributed by atoms with Crippen LogP contribution in [0.15, 0.2) is 57.1 Å². The van der Waals surface area contributed by atoms with Crippen LogP contribution in [0.25, 0.3) is 0 Å². The molecule has 0 aliphatic rings. The maximum Gasteiger partial charge on any atom is 0.270 e. The summed E-state index contributed by atoms with van der Waals surface area (Å²) in [6, 6.07) is 11.2. The minimum Gasteiger partial charge on any atom is -0.507 e. The molecule has 6 nitrogen and oxygen atoms in total. The predicted molar refractivity (Wildman–Crippen MR) is 84.1 cm³/mol. The number of non-ortho nitro benzene ring substituents is 1. The summed E-state index contributed by atoms with van der Waals surface area (Å²) in [4.78, 5) is 10.1. The molecule has 0 unspecified atom stereocenters. The Labute approximate surface area is 128 Å². The van der Waals surface area contributed by atoms with Gasteiger partial charge in [0.1, 0.15) is 5.75 Å². The maximum absolute atomic E-state index is 10.7. The zero-order valence-electron chi connectivity index (χ0n) is 10.7. The molecule has 7 heteroatoms. The third-order valence-electron chi connectivity index (χ3n) is 2.56. The van der Waals surface area contributed by atoms with Crippen molar-refractivity contribution in [2.75, 3.05) is 0 Å². The number of aromatic hydroxyl groups is 1. The lowest BCUT2D eigenvalue weighted by atomic mass is 10.2. The van der Waals surface area contributed by atoms with Crippen molar-refractivity contribution >= 4 is 34.0 Å². The monoisotopic (exact) mass is 347 g/mol. The van der Waals surface area contributed by atoms with Crippen molar-refractivity contribution in [2.24, 2.45) is 10.2 Å². The van der Waals surface area contributed by atoms with E-state index in [9.17, 15) is 15.2 Å². The first-order chi connectivity index (χ1) is 10.1. The molecule has 0 saturated heterocycles. The fraction of sp³-hybridized carbons (Fsp3) is 0. The van der Waals surface area contributed by atoms with Crippen molar-refractivity contribution in [2.45, 2.75) is 0 Å². The van der Waals surface area contributed by atoms with Gasteiger partial charge in [0.25, 0.3) is 5.69 Å². The normalized spacial score (nSPS) is 11.3. The van der Waals surface area contributed by atoms with Crippen LogP contribution >= 0.6 is 15.9 Å². The molecule has 2 aromatic rings. The molecular weight excluding hydrogens is 338 g/mol. The number of phenolic OH excluding ortho intramolecular Hbond substituents is 1. The number of hydrogen-bond acceptors (Lipinski definition) is 5. The fourth-order valence-corrected chi connectivity index (χ4v) is 1.77. The molecule has 0 bridgehead atoms. The van der Waals surface area contributed by atoms with E-state index >= 15 is 0 Å². The molecule has 0 atom stereocenters. The molecule has 0 amide bonds. The van der Waals surface area contributed by atoms with Crippen LogP contribution in [-0.2, 0) is 0 Å². The zero-order chi connectivity index (χ0) is 15.2. The number of phenols is 1. The lowest BCUT2D eigenvalue weighted by molar-refractivity contribution is -0.384. The molecule has 0 aliphatic heterocycles. The first-order valence-electron chi connectivity index (χ1n) is 5.85. The average molecular weight is 348 g/mol. The highest BCUT2D eigenvalue weighted by molar-refractivity contribution is 9.10. The Kier molecular flexibility index (Phi) is 4.78. The van der Waals surface area contributed by atoms with Crippen molar-refractivity contribution < 1.29 is 10.0 Å². The van der Waals surface area contributed by atoms with Crippen LogP contribution in [0.4, 0.5) is 5.69 Å². The second-order valence-electron chi connectivity index (χ2n) is 4.04. The third-order valence-corrected chi connectivity index (χ3v) is 3.09. The Morgan fingerprint density at radius 3 is 2.43 bits per heavy atom. The number of nitro groups is 1. The van der Waals surface area contributed by atoms with Crippen molar-refractivity contribution in [3.05, 3.63) is 68.2 Å². The van der Waals surface area contributed by atoms with Gasteiger partial charge in [0.2, 0.25) is 0 Å². The van der Waals surface area contributed by atoms with Crippen LogP contribution in [0.5, 0.6) is 5.75 Å². The van der Waals surface area contributed by atoms with Gasteiger partial charge in [-0.05, 0) is 23.8 Å². The summed E-state index contributed by atoms with van der Waals surface area (Å²) in [5.41, 5.74) is 0.974. The van der Waals surface area contributed by atoms with Gasteiger partial charge in [-0.1, -0.05) is 28.1 Å². The van der Waals surface area contributed by atoms with E-state index in [4.69, 9.17) is 0 Å². The van der Waals surface area contributed by atoms with Crippen LogP contribution < -0.4 is 0 Å². The van der Waals surface area contributed by atoms with E-state index < -0.39 is 4.92 Å². The Bertz CT molecular complexity index is 712. The van der Waals surface area contributed by atoms with Crippen LogP contribution in [0.1, 0.15) is 11.1 Å². The molecule has 0 heterocycles. The van der Waals surface area contributed by atoms with Gasteiger partial charge in [0.05, 0.1) is 17.4 Å². The summed E-state index contributed by atoms with van der Waals surface area (Å²) in [6.45, 7) is 0. The molecule has 106 valence electrons. The molecular formula is C14H10BrN3O3. The SMILES string of the molecule is O=[N+]([O-])c1ccc(O)c(/C=N\N=C/c2ccc(Br)cc2)c1. The largest absolute Gasteiger partial charge is 0.507 e. The highest BCUT2D eigenvalue weighted by atomic mass is 79.9. The van der Waals surface area contributed by atoms with Gasteiger partial charge >= 0.3 is 0 Å². The number of rotatable bonds is 4. The summed E-state index contributed by atoms with van der Waals surface area (Å²) in [7, 11) is 0. The summed E-state index contributed by atoms with van der Waals surface area (Å²) in [5, 5.41) is 27.8. The van der Waals surface area contributed by atoms with Crippen LogP contribution in [-0.4, -0.2) is 22.5 Å². The van der Waals surface area contributed by atoms with Gasteiger partial charge in [-0.15, -0.1) is 0 Å². The predicted octanol–water partition coefficient (Wildman–Crippen LogP) is 3.52. The molecule has 0 saturated carbocycles. The second-order valence-corrected chi connectivity index (χ2v) is 4.96. The van der Waals surface area contributed by atoms with E-state index in [1.165, 1.54) is 30.6 Å². The number of nitrogens with zero attached hydrogens (tertiary/aromatic N) is 3. The van der Waals surface area contributed by atoms with Crippen molar-refractivity contribution in [3.63, 3.8) is 0 Å². The molecule has 0 spiro atoms. The van der Waals surface area contributed by atoms with E-state index in [1.54, 1.807) is 0 Å². The van der Waals surface area contributed by atoms with Crippen molar-refractivity contribution in [1.29, 1.82) is 0 Å². The second kappa shape index (κ2) is 6.76. The average Bonchev–Trinajstić information content (AvgIpc) is 2.47.